The van der Waals surface area contributed by atoms with Crippen LogP contribution in [0.4, 0.5) is 0 Å². The lowest BCUT2D eigenvalue weighted by Gasteiger charge is -2.40. The van der Waals surface area contributed by atoms with Crippen LogP contribution in [0, 0.1) is 0 Å². The standard InChI is InChI=1S/C9H16N2O2S/c1-10-5-3-9(4-6-10)11(2)8(12)7-14(9)13/h3-7H2,1-2H3. The summed E-state index contributed by atoms with van der Waals surface area (Å²) in [6.07, 6.45) is 1.69. The molecule has 0 saturated carbocycles. The Morgan fingerprint density at radius 1 is 1.29 bits per heavy atom. The molecule has 2 fully saturated rings. The highest BCUT2D eigenvalue weighted by Gasteiger charge is 2.50. The topological polar surface area (TPSA) is 40.6 Å². The summed E-state index contributed by atoms with van der Waals surface area (Å²) in [6, 6.07) is 0. The van der Waals surface area contributed by atoms with Crippen molar-refractivity contribution in [1.82, 2.24) is 9.80 Å². The van der Waals surface area contributed by atoms with Gasteiger partial charge in [0.2, 0.25) is 5.91 Å². The summed E-state index contributed by atoms with van der Waals surface area (Å²) in [5.41, 5.74) is 0. The van der Waals surface area contributed by atoms with Crippen molar-refractivity contribution >= 4 is 16.7 Å². The number of piperidine rings is 1. The van der Waals surface area contributed by atoms with Crippen LogP contribution in [0.1, 0.15) is 12.8 Å². The quantitative estimate of drug-likeness (QED) is 0.555. The van der Waals surface area contributed by atoms with Gasteiger partial charge in [0.05, 0.1) is 10.8 Å². The Bertz CT molecular complexity index is 285. The highest BCUT2D eigenvalue weighted by atomic mass is 32.2. The summed E-state index contributed by atoms with van der Waals surface area (Å²) in [5.74, 6) is 0.258. The lowest BCUT2D eigenvalue weighted by Crippen LogP contribution is -2.52. The summed E-state index contributed by atoms with van der Waals surface area (Å²) >= 11 is 0. The molecule has 0 N–H and O–H groups in total. The van der Waals surface area contributed by atoms with E-state index < -0.39 is 10.8 Å². The molecule has 14 heavy (non-hydrogen) atoms. The van der Waals surface area contributed by atoms with E-state index in [1.807, 2.05) is 0 Å². The predicted molar refractivity (Wildman–Crippen MR) is 55.2 cm³/mol. The van der Waals surface area contributed by atoms with Crippen LogP contribution in [0.5, 0.6) is 0 Å². The fraction of sp³-hybridized carbons (Fsp3) is 0.889. The van der Waals surface area contributed by atoms with Crippen LogP contribution < -0.4 is 0 Å². The predicted octanol–water partition coefficient (Wildman–Crippen LogP) is -0.371. The molecule has 4 nitrogen and oxygen atoms in total. The molecular formula is C9H16N2O2S. The van der Waals surface area contributed by atoms with Gasteiger partial charge in [0, 0.05) is 20.1 Å². The van der Waals surface area contributed by atoms with E-state index in [1.54, 1.807) is 11.9 Å². The molecule has 1 spiro atoms. The van der Waals surface area contributed by atoms with Crippen molar-refractivity contribution in [3.8, 4) is 0 Å². The maximum Gasteiger partial charge on any atom is 0.236 e. The summed E-state index contributed by atoms with van der Waals surface area (Å²) in [4.78, 5) is 15.1. The molecule has 2 rings (SSSR count). The molecule has 0 radical (unpaired) electrons. The number of rotatable bonds is 0. The summed E-state index contributed by atoms with van der Waals surface area (Å²) in [6.45, 7) is 1.87. The molecule has 1 amide bonds. The Balaban J connectivity index is 2.22. The van der Waals surface area contributed by atoms with Gasteiger partial charge in [-0.05, 0) is 19.9 Å². The highest BCUT2D eigenvalue weighted by molar-refractivity contribution is 7.87. The zero-order valence-corrected chi connectivity index (χ0v) is 9.47. The van der Waals surface area contributed by atoms with Gasteiger partial charge in [-0.15, -0.1) is 0 Å². The Kier molecular flexibility index (Phi) is 2.39. The van der Waals surface area contributed by atoms with Gasteiger partial charge in [0.15, 0.2) is 0 Å². The van der Waals surface area contributed by atoms with E-state index in [-0.39, 0.29) is 16.5 Å². The summed E-state index contributed by atoms with van der Waals surface area (Å²) < 4.78 is 11.9. The van der Waals surface area contributed by atoms with Gasteiger partial charge in [-0.3, -0.25) is 9.00 Å². The lowest BCUT2D eigenvalue weighted by atomic mass is 10.0. The average Bonchev–Trinajstić information content (AvgIpc) is 2.36. The molecule has 2 aliphatic heterocycles. The Hall–Kier alpha value is -0.420. The van der Waals surface area contributed by atoms with E-state index >= 15 is 0 Å². The molecule has 2 aliphatic rings. The van der Waals surface area contributed by atoms with Crippen molar-refractivity contribution in [3.05, 3.63) is 0 Å². The van der Waals surface area contributed by atoms with Crippen molar-refractivity contribution in [2.24, 2.45) is 0 Å². The number of nitrogens with zero attached hydrogens (tertiary/aromatic N) is 2. The molecule has 0 aromatic carbocycles. The van der Waals surface area contributed by atoms with Gasteiger partial charge < -0.3 is 9.80 Å². The van der Waals surface area contributed by atoms with Crippen molar-refractivity contribution in [3.63, 3.8) is 0 Å². The van der Waals surface area contributed by atoms with Gasteiger partial charge >= 0.3 is 0 Å². The van der Waals surface area contributed by atoms with Crippen LogP contribution in [-0.4, -0.2) is 57.7 Å². The zero-order valence-electron chi connectivity index (χ0n) is 8.65. The fourth-order valence-electron chi connectivity index (χ4n) is 2.25. The second-order valence-electron chi connectivity index (χ2n) is 4.19. The van der Waals surface area contributed by atoms with Crippen molar-refractivity contribution in [1.29, 1.82) is 0 Å². The van der Waals surface area contributed by atoms with Crippen molar-refractivity contribution in [2.75, 3.05) is 32.9 Å². The average molecular weight is 216 g/mol. The Morgan fingerprint density at radius 3 is 2.29 bits per heavy atom. The smallest absolute Gasteiger partial charge is 0.236 e. The molecule has 5 heteroatoms. The zero-order chi connectivity index (χ0) is 10.3. The van der Waals surface area contributed by atoms with E-state index in [2.05, 4.69) is 11.9 Å². The van der Waals surface area contributed by atoms with Crippen molar-refractivity contribution < 1.29 is 9.00 Å². The lowest BCUT2D eigenvalue weighted by molar-refractivity contribution is -0.129. The SMILES string of the molecule is CN1CCC2(CC1)N(C)C(=O)CS2=O. The fourth-order valence-corrected chi connectivity index (χ4v) is 3.99. The number of hydrogen-bond acceptors (Lipinski definition) is 3. The van der Waals surface area contributed by atoms with E-state index in [0.29, 0.717) is 0 Å². The minimum absolute atomic E-state index is 0.0351. The number of amides is 1. The number of carbonyl (C=O) groups excluding carboxylic acids is 1. The third-order valence-electron chi connectivity index (χ3n) is 3.43. The molecule has 80 valence electrons. The second kappa shape index (κ2) is 3.31. The first-order valence-corrected chi connectivity index (χ1v) is 6.22. The van der Waals surface area contributed by atoms with Crippen LogP contribution in [0.25, 0.3) is 0 Å². The van der Waals surface area contributed by atoms with Crippen LogP contribution in [-0.2, 0) is 15.6 Å². The Labute approximate surface area is 86.7 Å². The summed E-state index contributed by atoms with van der Waals surface area (Å²) in [7, 11) is 2.86. The molecule has 1 unspecified atom stereocenters. The van der Waals surface area contributed by atoms with E-state index in [9.17, 15) is 9.00 Å². The largest absolute Gasteiger partial charge is 0.328 e. The maximum atomic E-state index is 11.9. The number of carbonyl (C=O) groups is 1. The first kappa shape index (κ1) is 10.1. The number of hydrogen-bond donors (Lipinski definition) is 0. The van der Waals surface area contributed by atoms with E-state index in [0.717, 1.165) is 25.9 Å². The molecule has 0 bridgehead atoms. The van der Waals surface area contributed by atoms with Crippen LogP contribution in [0.15, 0.2) is 0 Å². The molecule has 0 aromatic heterocycles. The highest BCUT2D eigenvalue weighted by Crippen LogP contribution is 2.35. The number of likely N-dealkylation sites (tertiary alicyclic amines) is 1. The minimum Gasteiger partial charge on any atom is -0.328 e. The first-order valence-electron chi connectivity index (χ1n) is 4.90. The minimum atomic E-state index is -0.993. The molecule has 0 aromatic rings. The third-order valence-corrected chi connectivity index (χ3v) is 5.47. The van der Waals surface area contributed by atoms with E-state index in [4.69, 9.17) is 0 Å². The molecule has 2 saturated heterocycles. The van der Waals surface area contributed by atoms with E-state index in [1.165, 1.54) is 0 Å². The van der Waals surface area contributed by atoms with Gasteiger partial charge in [0.25, 0.3) is 0 Å². The molecule has 0 aliphatic carbocycles. The third kappa shape index (κ3) is 1.30. The second-order valence-corrected chi connectivity index (χ2v) is 5.93. The first-order chi connectivity index (χ1) is 6.56. The van der Waals surface area contributed by atoms with Gasteiger partial charge in [-0.25, -0.2) is 0 Å². The maximum absolute atomic E-state index is 11.9. The molecule has 2 heterocycles. The van der Waals surface area contributed by atoms with Gasteiger partial charge in [-0.1, -0.05) is 0 Å². The van der Waals surface area contributed by atoms with Gasteiger partial charge in [0.1, 0.15) is 10.6 Å². The van der Waals surface area contributed by atoms with Crippen molar-refractivity contribution in [2.45, 2.75) is 17.7 Å². The summed E-state index contributed by atoms with van der Waals surface area (Å²) in [5, 5.41) is 0. The van der Waals surface area contributed by atoms with Crippen LogP contribution >= 0.6 is 0 Å². The normalized spacial score (nSPS) is 32.9. The van der Waals surface area contributed by atoms with Crippen LogP contribution in [0.3, 0.4) is 0 Å². The monoisotopic (exact) mass is 216 g/mol. The Morgan fingerprint density at radius 2 is 1.86 bits per heavy atom. The van der Waals surface area contributed by atoms with Gasteiger partial charge in [-0.2, -0.15) is 0 Å². The molecular weight excluding hydrogens is 200 g/mol. The van der Waals surface area contributed by atoms with Crippen LogP contribution in [0.2, 0.25) is 0 Å². The molecule has 1 atom stereocenters.